The van der Waals surface area contributed by atoms with E-state index < -0.39 is 16.4 Å². The second-order valence-electron chi connectivity index (χ2n) is 8.21. The van der Waals surface area contributed by atoms with E-state index in [1.165, 1.54) is 18.4 Å². The molecule has 0 aliphatic rings. The van der Waals surface area contributed by atoms with E-state index in [-0.39, 0.29) is 22.4 Å². The summed E-state index contributed by atoms with van der Waals surface area (Å²) in [5.74, 6) is -0.182. The maximum absolute atomic E-state index is 14.5. The van der Waals surface area contributed by atoms with E-state index in [4.69, 9.17) is 25.6 Å². The molecule has 0 N–H and O–H groups in total. The number of aryl methyl sites for hydroxylation is 1. The molecule has 0 aliphatic heterocycles. The van der Waals surface area contributed by atoms with Crippen molar-refractivity contribution in [3.8, 4) is 0 Å². The molecule has 37 heavy (non-hydrogen) atoms. The molecule has 1 atom stereocenters. The lowest BCUT2D eigenvalue weighted by atomic mass is 10.0. The van der Waals surface area contributed by atoms with Crippen molar-refractivity contribution in [3.63, 3.8) is 0 Å². The highest BCUT2D eigenvalue weighted by molar-refractivity contribution is 7.93. The molecular weight excluding hydrogens is 534 g/mol. The molecule has 8 nitrogen and oxygen atoms in total. The van der Waals surface area contributed by atoms with Gasteiger partial charge in [0.2, 0.25) is 0 Å². The smallest absolute Gasteiger partial charge is 0.272 e. The zero-order valence-electron chi connectivity index (χ0n) is 20.3. The van der Waals surface area contributed by atoms with Gasteiger partial charge in [-0.25, -0.2) is 13.4 Å². The largest absolute Gasteiger partial charge is 0.338 e. The Balaban J connectivity index is 1.74. The molecule has 3 aromatic heterocycles. The number of fused-ring (bicyclic) bond motifs is 2. The quantitative estimate of drug-likeness (QED) is 0.200. The predicted molar refractivity (Wildman–Crippen MR) is 145 cm³/mol. The zero-order valence-corrected chi connectivity index (χ0v) is 22.7. The number of nitrogens with zero attached hydrogens (tertiary/aromatic N) is 3. The van der Waals surface area contributed by atoms with E-state index in [1.54, 1.807) is 32.2 Å². The number of aromatic nitrogens is 2. The fraction of sp³-hybridized carbons (Fsp3) is 0.231. The number of pyridine rings is 1. The van der Waals surface area contributed by atoms with Gasteiger partial charge in [-0.3, -0.25) is 0 Å². The van der Waals surface area contributed by atoms with Gasteiger partial charge < -0.3 is 14.0 Å². The predicted octanol–water partition coefficient (Wildman–Crippen LogP) is 6.15. The van der Waals surface area contributed by atoms with E-state index in [1.807, 2.05) is 42.5 Å². The first-order valence-electron chi connectivity index (χ1n) is 11.5. The lowest BCUT2D eigenvalue weighted by Gasteiger charge is -2.28. The first kappa shape index (κ1) is 25.6. The van der Waals surface area contributed by atoms with Crippen molar-refractivity contribution in [2.45, 2.75) is 31.6 Å². The van der Waals surface area contributed by atoms with Crippen molar-refractivity contribution in [2.24, 2.45) is 0 Å². The summed E-state index contributed by atoms with van der Waals surface area (Å²) in [5, 5.41) is 6.53. The van der Waals surface area contributed by atoms with Gasteiger partial charge in [-0.15, -0.1) is 11.3 Å². The summed E-state index contributed by atoms with van der Waals surface area (Å²) in [5.41, 5.74) is 1.34. The van der Waals surface area contributed by atoms with Crippen molar-refractivity contribution >= 4 is 59.8 Å². The minimum atomic E-state index is -4.35. The highest BCUT2D eigenvalue weighted by Gasteiger charge is 2.40. The summed E-state index contributed by atoms with van der Waals surface area (Å²) in [6.45, 7) is 3.54. The van der Waals surface area contributed by atoms with Crippen molar-refractivity contribution in [3.05, 3.63) is 82.0 Å². The average molecular weight is 558 g/mol. The van der Waals surface area contributed by atoms with Gasteiger partial charge in [-0.1, -0.05) is 59.2 Å². The van der Waals surface area contributed by atoms with E-state index >= 15 is 0 Å². The maximum atomic E-state index is 14.5. The van der Waals surface area contributed by atoms with E-state index in [0.29, 0.717) is 27.2 Å². The van der Waals surface area contributed by atoms with Crippen LogP contribution >= 0.6 is 22.9 Å². The number of halogens is 1. The number of anilines is 1. The summed E-state index contributed by atoms with van der Waals surface area (Å²) in [6.07, 6.45) is 0.681. The molecule has 192 valence electrons. The second-order valence-corrected chi connectivity index (χ2v) is 11.4. The van der Waals surface area contributed by atoms with Crippen molar-refractivity contribution in [2.75, 3.05) is 18.0 Å². The SMILES string of the molecule is CCOC(OC)N(c1onc(C)c1Cl)S(=O)(=O)c1c(Cc2cccc3ccccc23)sc2ncccc12. The molecule has 0 saturated heterocycles. The Morgan fingerprint density at radius 2 is 1.86 bits per heavy atom. The molecule has 5 rings (SSSR count). The van der Waals surface area contributed by atoms with Gasteiger partial charge in [-0.2, -0.15) is 4.31 Å². The van der Waals surface area contributed by atoms with Crippen molar-refractivity contribution < 1.29 is 22.4 Å². The van der Waals surface area contributed by atoms with Crippen molar-refractivity contribution in [1.29, 1.82) is 0 Å². The maximum Gasteiger partial charge on any atom is 0.272 e. The average Bonchev–Trinajstić information content (AvgIpc) is 3.43. The highest BCUT2D eigenvalue weighted by atomic mass is 35.5. The molecule has 0 bridgehead atoms. The lowest BCUT2D eigenvalue weighted by Crippen LogP contribution is -2.43. The van der Waals surface area contributed by atoms with Gasteiger partial charge in [0.25, 0.3) is 22.3 Å². The van der Waals surface area contributed by atoms with E-state index in [2.05, 4.69) is 10.1 Å². The summed E-state index contributed by atoms with van der Waals surface area (Å²) in [4.78, 5) is 5.76. The Bertz CT molecular complexity index is 1680. The molecule has 0 radical (unpaired) electrons. The molecule has 1 unspecified atom stereocenters. The fourth-order valence-corrected chi connectivity index (χ4v) is 7.74. The third-order valence-corrected chi connectivity index (χ3v) is 9.43. The Labute approximate surface area is 223 Å². The first-order chi connectivity index (χ1) is 17.9. The van der Waals surface area contributed by atoms with Crippen LogP contribution in [0.1, 0.15) is 23.1 Å². The van der Waals surface area contributed by atoms with Gasteiger partial charge in [0.15, 0.2) is 0 Å². The molecule has 3 heterocycles. The van der Waals surface area contributed by atoms with Gasteiger partial charge in [0.05, 0.1) is 0 Å². The van der Waals surface area contributed by atoms with Gasteiger partial charge in [-0.05, 0) is 42.3 Å². The van der Waals surface area contributed by atoms with Crippen LogP contribution in [0.3, 0.4) is 0 Å². The lowest BCUT2D eigenvalue weighted by molar-refractivity contribution is -0.112. The zero-order chi connectivity index (χ0) is 26.2. The van der Waals surface area contributed by atoms with Crippen LogP contribution in [0.4, 0.5) is 5.88 Å². The summed E-state index contributed by atoms with van der Waals surface area (Å²) >= 11 is 7.77. The van der Waals surface area contributed by atoms with Crippen LogP contribution in [0, 0.1) is 6.92 Å². The topological polar surface area (TPSA) is 94.8 Å². The highest BCUT2D eigenvalue weighted by Crippen LogP contribution is 2.41. The van der Waals surface area contributed by atoms with E-state index in [0.717, 1.165) is 20.6 Å². The number of benzene rings is 2. The van der Waals surface area contributed by atoms with Crippen molar-refractivity contribution in [1.82, 2.24) is 10.1 Å². The third-order valence-electron chi connectivity index (χ3n) is 5.91. The Hall–Kier alpha value is -3.02. The van der Waals surface area contributed by atoms with Crippen LogP contribution in [0.5, 0.6) is 0 Å². The number of sulfonamides is 1. The molecule has 2 aromatic carbocycles. The molecule has 0 aliphatic carbocycles. The van der Waals surface area contributed by atoms with Crippen LogP contribution < -0.4 is 4.31 Å². The number of hydrogen-bond acceptors (Lipinski definition) is 8. The number of hydrogen-bond donors (Lipinski definition) is 0. The Morgan fingerprint density at radius 1 is 1.11 bits per heavy atom. The Morgan fingerprint density at radius 3 is 2.59 bits per heavy atom. The number of rotatable bonds is 9. The molecule has 0 amide bonds. The normalized spacial score (nSPS) is 12.9. The molecular formula is C26H24ClN3O5S2. The molecule has 0 saturated carbocycles. The first-order valence-corrected chi connectivity index (χ1v) is 14.1. The molecule has 11 heteroatoms. The molecule has 0 spiro atoms. The van der Waals surface area contributed by atoms with Gasteiger partial charge in [0.1, 0.15) is 20.4 Å². The number of ether oxygens (including phenoxy) is 2. The minimum absolute atomic E-state index is 0.0543. The standard InChI is InChI=1S/C26H24ClN3O5S2/c1-4-34-26(33-3)30(25-22(27)16(2)29-35-25)37(31,32)23-20-13-8-14-28-24(20)36-21(23)15-18-11-7-10-17-9-5-6-12-19(17)18/h5-14,26H,4,15H2,1-3H3. The summed E-state index contributed by atoms with van der Waals surface area (Å²) in [6, 6.07) is 17.5. The summed E-state index contributed by atoms with van der Waals surface area (Å²) < 4.78 is 46.4. The molecule has 0 fully saturated rings. The fourth-order valence-electron chi connectivity index (χ4n) is 4.25. The number of thiophene rings is 1. The van der Waals surface area contributed by atoms with Gasteiger partial charge in [0, 0.05) is 36.6 Å². The monoisotopic (exact) mass is 557 g/mol. The molecule has 5 aromatic rings. The van der Waals surface area contributed by atoms with Gasteiger partial charge >= 0.3 is 0 Å². The van der Waals surface area contributed by atoms with Crippen LogP contribution in [0.15, 0.2) is 70.2 Å². The van der Waals surface area contributed by atoms with Crippen LogP contribution in [0.25, 0.3) is 21.0 Å². The summed E-state index contributed by atoms with van der Waals surface area (Å²) in [7, 11) is -3.00. The van der Waals surface area contributed by atoms with Crippen LogP contribution in [0.2, 0.25) is 5.02 Å². The third kappa shape index (κ3) is 4.60. The minimum Gasteiger partial charge on any atom is -0.338 e. The van der Waals surface area contributed by atoms with Crippen LogP contribution in [-0.2, 0) is 25.9 Å². The second kappa shape index (κ2) is 10.4. The van der Waals surface area contributed by atoms with Crippen LogP contribution in [-0.4, -0.2) is 38.7 Å². The van der Waals surface area contributed by atoms with E-state index in [9.17, 15) is 8.42 Å². The number of methoxy groups -OCH3 is 1. The Kier molecular flexibility index (Phi) is 7.19.